The summed E-state index contributed by atoms with van der Waals surface area (Å²) in [6.45, 7) is 6.47. The Hall–Kier alpha value is -4.82. The zero-order chi connectivity index (χ0) is 26.9. The summed E-state index contributed by atoms with van der Waals surface area (Å²) >= 11 is 0. The summed E-state index contributed by atoms with van der Waals surface area (Å²) in [5.74, 6) is 0.680. The Kier molecular flexibility index (Phi) is 6.30. The van der Waals surface area contributed by atoms with Crippen LogP contribution in [-0.2, 0) is 0 Å². The fourth-order valence-corrected chi connectivity index (χ4v) is 5.65. The molecule has 0 unspecified atom stereocenters. The van der Waals surface area contributed by atoms with Crippen molar-refractivity contribution in [2.45, 2.75) is 19.3 Å². The minimum atomic E-state index is 0.680. The van der Waals surface area contributed by atoms with E-state index in [2.05, 4.69) is 77.7 Å². The molecule has 0 amide bonds. The molecule has 0 bridgehead atoms. The number of aromatic amines is 2. The molecule has 1 aliphatic rings. The third-order valence-electron chi connectivity index (χ3n) is 7.68. The number of hydrogen-bond donors (Lipinski definition) is 4. The number of aromatic nitrogens is 6. The van der Waals surface area contributed by atoms with Gasteiger partial charge in [-0.05, 0) is 86.3 Å². The second-order valence-electron chi connectivity index (χ2n) is 10.4. The number of benzene rings is 1. The van der Waals surface area contributed by atoms with Gasteiger partial charge in [0.25, 0.3) is 0 Å². The first kappa shape index (κ1) is 24.2. The van der Waals surface area contributed by atoms with Crippen molar-refractivity contribution in [2.24, 2.45) is 5.92 Å². The molecule has 0 radical (unpaired) electrons. The van der Waals surface area contributed by atoms with Crippen LogP contribution in [-0.4, -0.2) is 43.2 Å². The van der Waals surface area contributed by atoms with Gasteiger partial charge >= 0.3 is 0 Å². The predicted octanol–water partition coefficient (Wildman–Crippen LogP) is 6.55. The lowest BCUT2D eigenvalue weighted by Gasteiger charge is -2.23. The van der Waals surface area contributed by atoms with Crippen LogP contribution in [0.3, 0.4) is 0 Å². The van der Waals surface area contributed by atoms with Gasteiger partial charge in [-0.2, -0.15) is 5.10 Å². The van der Waals surface area contributed by atoms with E-state index in [9.17, 15) is 0 Å². The smallest absolute Gasteiger partial charge is 0.138 e. The second kappa shape index (κ2) is 10.4. The number of nitrogens with one attached hydrogen (secondary N) is 4. The van der Waals surface area contributed by atoms with Crippen molar-refractivity contribution in [1.29, 1.82) is 0 Å². The third kappa shape index (κ3) is 4.74. The number of allylic oxidation sites excluding steroid dienone is 1. The summed E-state index contributed by atoms with van der Waals surface area (Å²) in [5, 5.41) is 16.8. The first-order valence-electron chi connectivity index (χ1n) is 13.7. The average Bonchev–Trinajstić information content (AvgIpc) is 3.62. The molecule has 0 spiro atoms. The molecule has 7 rings (SSSR count). The van der Waals surface area contributed by atoms with Crippen LogP contribution in [0.15, 0.2) is 91.7 Å². The number of fused-ring (bicyclic) bond motifs is 2. The van der Waals surface area contributed by atoms with Crippen molar-refractivity contribution >= 4 is 27.6 Å². The number of nitrogens with zero attached hydrogens (tertiary/aromatic N) is 4. The predicted molar refractivity (Wildman–Crippen MR) is 161 cm³/mol. The third-order valence-corrected chi connectivity index (χ3v) is 7.68. The zero-order valence-corrected chi connectivity index (χ0v) is 22.1. The molecule has 1 saturated heterocycles. The van der Waals surface area contributed by atoms with E-state index >= 15 is 0 Å². The fraction of sp³-hybridized carbons (Fsp3) is 0.188. The summed E-state index contributed by atoms with van der Waals surface area (Å²) in [6.07, 6.45) is 10.7. The lowest BCUT2D eigenvalue weighted by Crippen LogP contribution is -2.28. The molecule has 1 fully saturated rings. The van der Waals surface area contributed by atoms with Crippen molar-refractivity contribution in [3.63, 3.8) is 0 Å². The van der Waals surface area contributed by atoms with Crippen molar-refractivity contribution < 1.29 is 0 Å². The first-order valence-corrected chi connectivity index (χ1v) is 13.7. The van der Waals surface area contributed by atoms with E-state index in [1.165, 1.54) is 12.8 Å². The van der Waals surface area contributed by atoms with Crippen LogP contribution >= 0.6 is 0 Å². The minimum absolute atomic E-state index is 0.680. The SMILES string of the molecule is C=C(CC1CCNCC1)Nc1cncc(-c2ccc3[nH]nc(-c4cc5c(-c6ccccn6)ccnc5[nH]4)c3c2)c1. The molecule has 4 N–H and O–H groups in total. The van der Waals surface area contributed by atoms with E-state index in [0.717, 1.165) is 86.6 Å². The number of anilines is 1. The number of rotatable bonds is 7. The number of H-pyrrole nitrogens is 2. The van der Waals surface area contributed by atoms with E-state index in [-0.39, 0.29) is 0 Å². The molecule has 8 nitrogen and oxygen atoms in total. The maximum atomic E-state index is 4.67. The highest BCUT2D eigenvalue weighted by Gasteiger charge is 2.16. The molecule has 1 aliphatic heterocycles. The molecule has 6 heterocycles. The van der Waals surface area contributed by atoms with Crippen molar-refractivity contribution in [3.8, 4) is 33.8 Å². The highest BCUT2D eigenvalue weighted by Crippen LogP contribution is 2.34. The molecule has 6 aromatic rings. The first-order chi connectivity index (χ1) is 19.7. The monoisotopic (exact) mass is 526 g/mol. The van der Waals surface area contributed by atoms with Gasteiger partial charge in [-0.1, -0.05) is 18.7 Å². The molecular formula is C32H30N8. The highest BCUT2D eigenvalue weighted by molar-refractivity contribution is 6.00. The van der Waals surface area contributed by atoms with Crippen LogP contribution in [0.4, 0.5) is 5.69 Å². The van der Waals surface area contributed by atoms with E-state index in [0.29, 0.717) is 5.92 Å². The number of hydrogen-bond acceptors (Lipinski definition) is 6. The Morgan fingerprint density at radius 2 is 1.85 bits per heavy atom. The van der Waals surface area contributed by atoms with Gasteiger partial charge in [0.05, 0.1) is 28.8 Å². The maximum absolute atomic E-state index is 4.67. The Balaban J connectivity index is 1.19. The van der Waals surface area contributed by atoms with Crippen LogP contribution in [0.25, 0.3) is 55.7 Å². The molecule has 1 aromatic carbocycles. The molecule has 0 atom stereocenters. The summed E-state index contributed by atoms with van der Waals surface area (Å²) in [4.78, 5) is 17.1. The van der Waals surface area contributed by atoms with E-state index in [4.69, 9.17) is 0 Å². The van der Waals surface area contributed by atoms with Crippen LogP contribution < -0.4 is 10.6 Å². The van der Waals surface area contributed by atoms with E-state index in [1.54, 1.807) is 0 Å². The van der Waals surface area contributed by atoms with Gasteiger partial charge in [-0.3, -0.25) is 15.1 Å². The quantitative estimate of drug-likeness (QED) is 0.188. The Morgan fingerprint density at radius 1 is 0.925 bits per heavy atom. The molecule has 40 heavy (non-hydrogen) atoms. The second-order valence-corrected chi connectivity index (χ2v) is 10.4. The maximum Gasteiger partial charge on any atom is 0.138 e. The van der Waals surface area contributed by atoms with Gasteiger partial charge in [0.15, 0.2) is 0 Å². The standard InChI is InChI=1S/C32H30N8/c1-20(14-21-7-11-33-12-8-21)37-24-15-23(18-34-19-24)22-5-6-29-27(16-22)31(40-39-29)30-17-26-25(9-13-36-32(26)38-30)28-4-2-3-10-35-28/h2-6,9-10,13,15-19,21,33,37H,1,7-8,11-12,14H2,(H,36,38)(H,39,40). The van der Waals surface area contributed by atoms with Crippen molar-refractivity contribution in [1.82, 2.24) is 35.5 Å². The average molecular weight is 527 g/mol. The summed E-state index contributed by atoms with van der Waals surface area (Å²) < 4.78 is 0. The molecule has 0 aliphatic carbocycles. The van der Waals surface area contributed by atoms with Crippen molar-refractivity contribution in [2.75, 3.05) is 18.4 Å². The lowest BCUT2D eigenvalue weighted by molar-refractivity contribution is 0.373. The van der Waals surface area contributed by atoms with Gasteiger partial charge in [0.1, 0.15) is 11.3 Å². The molecule has 5 aromatic heterocycles. The largest absolute Gasteiger partial charge is 0.358 e. The topological polar surface area (TPSA) is 107 Å². The summed E-state index contributed by atoms with van der Waals surface area (Å²) in [7, 11) is 0. The van der Waals surface area contributed by atoms with Gasteiger partial charge in [0.2, 0.25) is 0 Å². The van der Waals surface area contributed by atoms with E-state index in [1.807, 2.05) is 49.1 Å². The number of pyridine rings is 3. The van der Waals surface area contributed by atoms with Crippen molar-refractivity contribution in [3.05, 3.63) is 91.7 Å². The zero-order valence-electron chi connectivity index (χ0n) is 22.1. The Bertz CT molecular complexity index is 1810. The Morgan fingerprint density at radius 3 is 2.73 bits per heavy atom. The van der Waals surface area contributed by atoms with E-state index < -0.39 is 0 Å². The number of piperidine rings is 1. The Labute approximate surface area is 232 Å². The normalized spacial score (nSPS) is 14.1. The highest BCUT2D eigenvalue weighted by atomic mass is 15.1. The summed E-state index contributed by atoms with van der Waals surface area (Å²) in [6, 6.07) is 18.5. The van der Waals surface area contributed by atoms with Crippen LogP contribution in [0, 0.1) is 5.92 Å². The van der Waals surface area contributed by atoms with Crippen LogP contribution in [0.1, 0.15) is 19.3 Å². The molecule has 8 heteroatoms. The lowest BCUT2D eigenvalue weighted by atomic mass is 9.93. The van der Waals surface area contributed by atoms with Gasteiger partial charge in [-0.15, -0.1) is 0 Å². The molecule has 0 saturated carbocycles. The van der Waals surface area contributed by atoms with Gasteiger partial charge < -0.3 is 15.6 Å². The van der Waals surface area contributed by atoms with Crippen LogP contribution in [0.5, 0.6) is 0 Å². The summed E-state index contributed by atoms with van der Waals surface area (Å²) in [5.41, 5.74) is 9.55. The molecular weight excluding hydrogens is 496 g/mol. The molecule has 198 valence electrons. The minimum Gasteiger partial charge on any atom is -0.358 e. The fourth-order valence-electron chi connectivity index (χ4n) is 5.65. The van der Waals surface area contributed by atoms with Crippen LogP contribution in [0.2, 0.25) is 0 Å². The van der Waals surface area contributed by atoms with Gasteiger partial charge in [-0.25, -0.2) is 4.98 Å². The van der Waals surface area contributed by atoms with Gasteiger partial charge in [0, 0.05) is 46.2 Å².